The second-order valence-corrected chi connectivity index (χ2v) is 5.92. The summed E-state index contributed by atoms with van der Waals surface area (Å²) in [7, 11) is 0. The molecule has 2 aliphatic rings. The van der Waals surface area contributed by atoms with E-state index in [-0.39, 0.29) is 11.6 Å². The molecule has 17 heavy (non-hydrogen) atoms. The maximum Gasteiger partial charge on any atom is 0.323 e. The Bertz CT molecular complexity index is 319. The van der Waals surface area contributed by atoms with E-state index in [0.717, 1.165) is 19.6 Å². The van der Waals surface area contributed by atoms with Crippen LogP contribution in [0.3, 0.4) is 0 Å². The minimum Gasteiger partial charge on any atom is -0.480 e. The highest BCUT2D eigenvalue weighted by Gasteiger charge is 2.47. The fourth-order valence-electron chi connectivity index (χ4n) is 3.06. The van der Waals surface area contributed by atoms with Crippen molar-refractivity contribution in [2.45, 2.75) is 50.2 Å². The summed E-state index contributed by atoms with van der Waals surface area (Å²) in [6.07, 6.45) is 1.98. The summed E-state index contributed by atoms with van der Waals surface area (Å²) < 4.78 is 5.48. The van der Waals surface area contributed by atoms with Crippen LogP contribution in [0, 0.1) is 0 Å². The van der Waals surface area contributed by atoms with E-state index in [0.29, 0.717) is 19.4 Å². The lowest BCUT2D eigenvalue weighted by Crippen LogP contribution is -2.57. The van der Waals surface area contributed by atoms with Crippen molar-refractivity contribution in [3.8, 4) is 0 Å². The van der Waals surface area contributed by atoms with Gasteiger partial charge < -0.3 is 15.6 Å². The van der Waals surface area contributed by atoms with Crippen molar-refractivity contribution in [1.82, 2.24) is 4.90 Å². The number of carboxylic acid groups (broad SMARTS) is 1. The van der Waals surface area contributed by atoms with Gasteiger partial charge in [-0.3, -0.25) is 9.69 Å². The van der Waals surface area contributed by atoms with Gasteiger partial charge in [0.15, 0.2) is 0 Å². The van der Waals surface area contributed by atoms with Crippen molar-refractivity contribution in [1.29, 1.82) is 0 Å². The third-order valence-corrected chi connectivity index (χ3v) is 4.10. The van der Waals surface area contributed by atoms with Gasteiger partial charge in [0.1, 0.15) is 5.54 Å². The van der Waals surface area contributed by atoms with Crippen molar-refractivity contribution in [2.24, 2.45) is 5.73 Å². The van der Waals surface area contributed by atoms with E-state index in [4.69, 9.17) is 15.6 Å². The predicted molar refractivity (Wildman–Crippen MR) is 63.8 cm³/mol. The van der Waals surface area contributed by atoms with Crippen LogP contribution in [-0.4, -0.2) is 52.9 Å². The molecule has 2 fully saturated rings. The molecule has 0 aromatic heterocycles. The summed E-state index contributed by atoms with van der Waals surface area (Å²) in [6, 6.07) is 0.273. The summed E-state index contributed by atoms with van der Waals surface area (Å²) in [6.45, 7) is 6.58. The molecule has 0 spiro atoms. The second kappa shape index (κ2) is 4.23. The zero-order valence-electron chi connectivity index (χ0n) is 10.6. The van der Waals surface area contributed by atoms with Crippen LogP contribution >= 0.6 is 0 Å². The van der Waals surface area contributed by atoms with E-state index >= 15 is 0 Å². The first-order valence-electron chi connectivity index (χ1n) is 6.22. The molecule has 0 bridgehead atoms. The molecule has 1 aliphatic heterocycles. The number of nitrogens with zero attached hydrogens (tertiary/aromatic N) is 1. The lowest BCUT2D eigenvalue weighted by atomic mass is 9.96. The Morgan fingerprint density at radius 1 is 1.53 bits per heavy atom. The van der Waals surface area contributed by atoms with Crippen molar-refractivity contribution >= 4 is 5.97 Å². The van der Waals surface area contributed by atoms with Crippen molar-refractivity contribution in [3.63, 3.8) is 0 Å². The van der Waals surface area contributed by atoms with Crippen LogP contribution in [0.1, 0.15) is 33.1 Å². The number of aliphatic carboxylic acids is 1. The highest BCUT2D eigenvalue weighted by molar-refractivity contribution is 5.79. The molecule has 2 unspecified atom stereocenters. The topological polar surface area (TPSA) is 75.8 Å². The maximum atomic E-state index is 11.1. The van der Waals surface area contributed by atoms with Gasteiger partial charge in [0.25, 0.3) is 0 Å². The number of nitrogens with two attached hydrogens (primary N) is 1. The van der Waals surface area contributed by atoms with Gasteiger partial charge in [0.2, 0.25) is 0 Å². The Morgan fingerprint density at radius 3 is 2.76 bits per heavy atom. The molecule has 0 amide bonds. The number of hydrogen-bond acceptors (Lipinski definition) is 4. The van der Waals surface area contributed by atoms with Gasteiger partial charge in [-0.1, -0.05) is 0 Å². The first kappa shape index (κ1) is 12.8. The highest BCUT2D eigenvalue weighted by atomic mass is 16.5. The molecule has 1 saturated carbocycles. The Morgan fingerprint density at radius 2 is 2.24 bits per heavy atom. The number of carbonyl (C=O) groups is 1. The predicted octanol–water partition coefficient (Wildman–Crippen LogP) is 0.432. The molecule has 2 rings (SSSR count). The Hall–Kier alpha value is -0.650. The molecule has 3 N–H and O–H groups in total. The zero-order chi connectivity index (χ0) is 12.7. The molecular weight excluding hydrogens is 220 g/mol. The summed E-state index contributed by atoms with van der Waals surface area (Å²) in [4.78, 5) is 13.5. The molecule has 5 nitrogen and oxygen atoms in total. The van der Waals surface area contributed by atoms with E-state index in [9.17, 15) is 4.79 Å². The lowest BCUT2D eigenvalue weighted by molar-refractivity contribution is -0.143. The van der Waals surface area contributed by atoms with Crippen molar-refractivity contribution in [3.05, 3.63) is 0 Å². The molecule has 98 valence electrons. The van der Waals surface area contributed by atoms with E-state index in [1.165, 1.54) is 0 Å². The minimum atomic E-state index is -1.03. The SMILES string of the molecule is CC1(C)COCCN1C1CCC(N)(C(=O)O)C1. The van der Waals surface area contributed by atoms with Crippen LogP contribution in [0.2, 0.25) is 0 Å². The van der Waals surface area contributed by atoms with Gasteiger partial charge in [-0.15, -0.1) is 0 Å². The first-order chi connectivity index (χ1) is 7.85. The summed E-state index contributed by atoms with van der Waals surface area (Å²) >= 11 is 0. The Kier molecular flexibility index (Phi) is 3.18. The van der Waals surface area contributed by atoms with Crippen LogP contribution in [0.5, 0.6) is 0 Å². The summed E-state index contributed by atoms with van der Waals surface area (Å²) in [5.74, 6) is -0.869. The smallest absolute Gasteiger partial charge is 0.323 e. The van der Waals surface area contributed by atoms with E-state index in [2.05, 4.69) is 18.7 Å². The molecule has 1 aliphatic carbocycles. The number of hydrogen-bond donors (Lipinski definition) is 2. The Labute approximate surface area is 102 Å². The zero-order valence-corrected chi connectivity index (χ0v) is 10.6. The highest BCUT2D eigenvalue weighted by Crippen LogP contribution is 2.35. The first-order valence-corrected chi connectivity index (χ1v) is 6.22. The molecular formula is C12H22N2O3. The lowest BCUT2D eigenvalue weighted by Gasteiger charge is -2.46. The van der Waals surface area contributed by atoms with Gasteiger partial charge in [-0.2, -0.15) is 0 Å². The monoisotopic (exact) mass is 242 g/mol. The normalized spacial score (nSPS) is 38.2. The summed E-state index contributed by atoms with van der Waals surface area (Å²) in [5.41, 5.74) is 4.88. The fourth-order valence-corrected chi connectivity index (χ4v) is 3.06. The van der Waals surface area contributed by atoms with Crippen LogP contribution < -0.4 is 5.73 Å². The number of ether oxygens (including phenoxy) is 1. The third kappa shape index (κ3) is 2.32. The van der Waals surface area contributed by atoms with Gasteiger partial charge >= 0.3 is 5.97 Å². The van der Waals surface area contributed by atoms with Gasteiger partial charge in [0.05, 0.1) is 13.2 Å². The maximum absolute atomic E-state index is 11.1. The molecule has 1 saturated heterocycles. The van der Waals surface area contributed by atoms with Crippen molar-refractivity contribution in [2.75, 3.05) is 19.8 Å². The number of rotatable bonds is 2. The number of morpholine rings is 1. The van der Waals surface area contributed by atoms with Gasteiger partial charge in [-0.05, 0) is 33.1 Å². The molecule has 0 aromatic carbocycles. The molecule has 2 atom stereocenters. The van der Waals surface area contributed by atoms with Gasteiger partial charge in [-0.25, -0.2) is 0 Å². The average Bonchev–Trinajstić information content (AvgIpc) is 2.61. The standard InChI is InChI=1S/C12H22N2O3/c1-11(2)8-17-6-5-14(11)9-3-4-12(13,7-9)10(15)16/h9H,3-8,13H2,1-2H3,(H,15,16). The average molecular weight is 242 g/mol. The van der Waals surface area contributed by atoms with Crippen LogP contribution in [-0.2, 0) is 9.53 Å². The van der Waals surface area contributed by atoms with Crippen LogP contribution in [0.15, 0.2) is 0 Å². The summed E-state index contributed by atoms with van der Waals surface area (Å²) in [5, 5.41) is 9.15. The molecule has 0 aromatic rings. The van der Waals surface area contributed by atoms with E-state index in [1.54, 1.807) is 0 Å². The van der Waals surface area contributed by atoms with E-state index in [1.807, 2.05) is 0 Å². The largest absolute Gasteiger partial charge is 0.480 e. The van der Waals surface area contributed by atoms with E-state index < -0.39 is 11.5 Å². The molecule has 1 heterocycles. The van der Waals surface area contributed by atoms with Gasteiger partial charge in [0, 0.05) is 18.1 Å². The molecule has 5 heteroatoms. The quantitative estimate of drug-likeness (QED) is 0.734. The minimum absolute atomic E-state index is 0.0212. The van der Waals surface area contributed by atoms with Crippen molar-refractivity contribution < 1.29 is 14.6 Å². The number of carboxylic acids is 1. The Balaban J connectivity index is 2.07. The fraction of sp³-hybridized carbons (Fsp3) is 0.917. The second-order valence-electron chi connectivity index (χ2n) is 5.92. The molecule has 0 radical (unpaired) electrons. The van der Waals surface area contributed by atoms with Crippen LogP contribution in [0.25, 0.3) is 0 Å². The third-order valence-electron chi connectivity index (χ3n) is 4.10. The van der Waals surface area contributed by atoms with Crippen LogP contribution in [0.4, 0.5) is 0 Å².